The van der Waals surface area contributed by atoms with Crippen molar-refractivity contribution >= 4 is 9.24 Å². The molecule has 0 amide bonds. The summed E-state index contributed by atoms with van der Waals surface area (Å²) in [4.78, 5) is 0. The van der Waals surface area contributed by atoms with Crippen molar-refractivity contribution in [1.29, 1.82) is 0 Å². The van der Waals surface area contributed by atoms with Crippen LogP contribution in [0.15, 0.2) is 48.5 Å². The lowest BCUT2D eigenvalue weighted by Gasteiger charge is -2.13. The molecule has 2 aromatic carbocycles. The molecule has 0 fully saturated rings. The predicted molar refractivity (Wildman–Crippen MR) is 73.9 cm³/mol. The van der Waals surface area contributed by atoms with E-state index in [-0.39, 0.29) is 0 Å². The summed E-state index contributed by atoms with van der Waals surface area (Å²) < 4.78 is 0. The number of benzene rings is 2. The van der Waals surface area contributed by atoms with Gasteiger partial charge in [0.15, 0.2) is 0 Å². The molecule has 0 aliphatic rings. The van der Waals surface area contributed by atoms with E-state index in [0.29, 0.717) is 5.66 Å². The molecule has 2 aromatic rings. The fraction of sp³-hybridized carbons (Fsp3) is 0.200. The minimum Gasteiger partial charge on any atom is -0.125 e. The summed E-state index contributed by atoms with van der Waals surface area (Å²) in [6.07, 6.45) is 0. The van der Waals surface area contributed by atoms with Crippen LogP contribution < -0.4 is 0 Å². The van der Waals surface area contributed by atoms with Crippen LogP contribution in [0, 0.1) is 13.8 Å². The molecule has 1 unspecified atom stereocenters. The van der Waals surface area contributed by atoms with Crippen molar-refractivity contribution in [2.24, 2.45) is 0 Å². The highest BCUT2D eigenvalue weighted by molar-refractivity contribution is 7.17. The van der Waals surface area contributed by atoms with Crippen molar-refractivity contribution in [1.82, 2.24) is 0 Å². The molecule has 2 rings (SSSR count). The van der Waals surface area contributed by atoms with Crippen LogP contribution in [-0.2, 0) is 0 Å². The van der Waals surface area contributed by atoms with E-state index in [2.05, 4.69) is 71.6 Å². The Labute approximate surface area is 99.9 Å². The summed E-state index contributed by atoms with van der Waals surface area (Å²) in [5.41, 5.74) is 5.74. The third-order valence-corrected chi connectivity index (χ3v) is 3.57. The van der Waals surface area contributed by atoms with Gasteiger partial charge in [-0.3, -0.25) is 0 Å². The quantitative estimate of drug-likeness (QED) is 0.673. The molecule has 0 spiro atoms. The molecule has 0 nitrogen and oxygen atoms in total. The maximum absolute atomic E-state index is 2.93. The van der Waals surface area contributed by atoms with Crippen molar-refractivity contribution in [3.8, 4) is 0 Å². The van der Waals surface area contributed by atoms with Crippen LogP contribution in [-0.4, -0.2) is 0 Å². The molecule has 0 N–H and O–H groups in total. The Morgan fingerprint density at radius 2 is 1.25 bits per heavy atom. The second kappa shape index (κ2) is 4.80. The summed E-state index contributed by atoms with van der Waals surface area (Å²) >= 11 is 0. The van der Waals surface area contributed by atoms with E-state index >= 15 is 0 Å². The Morgan fingerprint density at radius 1 is 0.812 bits per heavy atom. The highest BCUT2D eigenvalue weighted by atomic mass is 31.0. The van der Waals surface area contributed by atoms with Gasteiger partial charge in [0, 0.05) is 5.66 Å². The van der Waals surface area contributed by atoms with E-state index in [0.717, 1.165) is 0 Å². The lowest BCUT2D eigenvalue weighted by Crippen LogP contribution is -1.93. The summed E-state index contributed by atoms with van der Waals surface area (Å²) in [5.74, 6) is 0. The minimum atomic E-state index is 0.389. The lowest BCUT2D eigenvalue weighted by atomic mass is 10.0. The topological polar surface area (TPSA) is 0 Å². The third-order valence-electron chi connectivity index (χ3n) is 2.80. The maximum atomic E-state index is 2.93. The number of rotatable bonds is 2. The molecule has 16 heavy (non-hydrogen) atoms. The van der Waals surface area contributed by atoms with Gasteiger partial charge in [-0.2, -0.15) is 0 Å². The van der Waals surface area contributed by atoms with E-state index in [9.17, 15) is 0 Å². The average molecular weight is 228 g/mol. The number of hydrogen-bond donors (Lipinski definition) is 0. The van der Waals surface area contributed by atoms with Gasteiger partial charge in [0.05, 0.1) is 0 Å². The van der Waals surface area contributed by atoms with E-state index in [1.165, 1.54) is 22.3 Å². The zero-order chi connectivity index (χ0) is 11.5. The molecule has 0 heterocycles. The van der Waals surface area contributed by atoms with Crippen molar-refractivity contribution < 1.29 is 0 Å². The van der Waals surface area contributed by atoms with Gasteiger partial charge in [0.25, 0.3) is 0 Å². The second-order valence-electron chi connectivity index (χ2n) is 4.31. The number of aryl methyl sites for hydroxylation is 2. The van der Waals surface area contributed by atoms with Gasteiger partial charge in [-0.05, 0) is 25.0 Å². The van der Waals surface area contributed by atoms with Gasteiger partial charge in [-0.1, -0.05) is 59.7 Å². The molecule has 0 radical (unpaired) electrons. The van der Waals surface area contributed by atoms with Gasteiger partial charge in [0.2, 0.25) is 0 Å². The predicted octanol–water partition coefficient (Wildman–Crippen LogP) is 4.27. The van der Waals surface area contributed by atoms with Gasteiger partial charge < -0.3 is 0 Å². The molecule has 0 aliphatic carbocycles. The summed E-state index contributed by atoms with van der Waals surface area (Å²) in [5, 5.41) is 0. The molecule has 0 aromatic heterocycles. The fourth-order valence-electron chi connectivity index (χ4n) is 1.92. The minimum absolute atomic E-state index is 0.389. The monoisotopic (exact) mass is 228 g/mol. The normalized spacial score (nSPS) is 10.8. The van der Waals surface area contributed by atoms with Gasteiger partial charge in [0.1, 0.15) is 0 Å². The Balaban J connectivity index is 2.35. The lowest BCUT2D eigenvalue weighted by molar-refractivity contribution is 1.14. The first-order valence-corrected chi connectivity index (χ1v) is 6.22. The highest BCUT2D eigenvalue weighted by Crippen LogP contribution is 2.31. The molecular formula is C15H17P. The van der Waals surface area contributed by atoms with Crippen LogP contribution in [0.2, 0.25) is 0 Å². The van der Waals surface area contributed by atoms with E-state index < -0.39 is 0 Å². The smallest absolute Gasteiger partial charge is 0.0234 e. The van der Waals surface area contributed by atoms with Crippen molar-refractivity contribution in [2.75, 3.05) is 0 Å². The van der Waals surface area contributed by atoms with Crippen molar-refractivity contribution in [3.63, 3.8) is 0 Å². The van der Waals surface area contributed by atoms with E-state index in [4.69, 9.17) is 0 Å². The Bertz CT molecular complexity index is 443. The number of hydrogen-bond acceptors (Lipinski definition) is 0. The van der Waals surface area contributed by atoms with Gasteiger partial charge in [-0.25, -0.2) is 0 Å². The maximum Gasteiger partial charge on any atom is 0.0234 e. The average Bonchev–Trinajstić information content (AvgIpc) is 2.28. The Kier molecular flexibility index (Phi) is 3.41. The van der Waals surface area contributed by atoms with Crippen LogP contribution >= 0.6 is 9.24 Å². The first-order chi connectivity index (χ1) is 7.66. The summed E-state index contributed by atoms with van der Waals surface area (Å²) in [6.45, 7) is 4.27. The van der Waals surface area contributed by atoms with Gasteiger partial charge in [-0.15, -0.1) is 9.24 Å². The van der Waals surface area contributed by atoms with Crippen molar-refractivity contribution in [2.45, 2.75) is 19.5 Å². The molecule has 0 saturated carbocycles. The van der Waals surface area contributed by atoms with E-state index in [1.54, 1.807) is 0 Å². The standard InChI is InChI=1S/C15H17P/c1-11-5-3-7-13(9-11)15(16)14-8-4-6-12(2)10-14/h3-10,15H,16H2,1-2H3. The highest BCUT2D eigenvalue weighted by Gasteiger charge is 2.08. The summed E-state index contributed by atoms with van der Waals surface area (Å²) in [7, 11) is 2.93. The zero-order valence-corrected chi connectivity index (χ0v) is 10.9. The molecule has 0 aliphatic heterocycles. The van der Waals surface area contributed by atoms with Crippen LogP contribution in [0.4, 0.5) is 0 Å². The Morgan fingerprint density at radius 3 is 1.62 bits per heavy atom. The van der Waals surface area contributed by atoms with Crippen LogP contribution in [0.5, 0.6) is 0 Å². The largest absolute Gasteiger partial charge is 0.125 e. The molecule has 0 saturated heterocycles. The molecule has 1 atom stereocenters. The van der Waals surface area contributed by atoms with Crippen molar-refractivity contribution in [3.05, 3.63) is 70.8 Å². The molecule has 82 valence electrons. The molecule has 0 bridgehead atoms. The molecular weight excluding hydrogens is 211 g/mol. The first-order valence-electron chi connectivity index (χ1n) is 5.55. The second-order valence-corrected chi connectivity index (χ2v) is 4.97. The zero-order valence-electron chi connectivity index (χ0n) is 9.77. The summed E-state index contributed by atoms with van der Waals surface area (Å²) in [6, 6.07) is 17.4. The SMILES string of the molecule is Cc1cccc(C(P)c2cccc(C)c2)c1. The van der Waals surface area contributed by atoms with Crippen LogP contribution in [0.25, 0.3) is 0 Å². The fourth-order valence-corrected chi connectivity index (χ4v) is 2.33. The van der Waals surface area contributed by atoms with Crippen LogP contribution in [0.3, 0.4) is 0 Å². The molecule has 1 heteroatoms. The Hall–Kier alpha value is -1.13. The van der Waals surface area contributed by atoms with Crippen LogP contribution in [0.1, 0.15) is 27.9 Å². The van der Waals surface area contributed by atoms with E-state index in [1.807, 2.05) is 0 Å². The first kappa shape index (κ1) is 11.4. The third kappa shape index (κ3) is 2.51. The van der Waals surface area contributed by atoms with Gasteiger partial charge >= 0.3 is 0 Å².